The molecular formula is C12H24N2O3S. The molecule has 0 aromatic rings. The number of methoxy groups -OCH3 is 1. The van der Waals surface area contributed by atoms with Gasteiger partial charge in [0, 0.05) is 13.2 Å². The summed E-state index contributed by atoms with van der Waals surface area (Å²) in [6, 6.07) is 0.0662. The first-order valence-corrected chi connectivity index (χ1v) is 8.48. The molecule has 1 saturated carbocycles. The molecule has 1 saturated heterocycles. The van der Waals surface area contributed by atoms with Crippen molar-refractivity contribution < 1.29 is 13.2 Å². The molecule has 0 bridgehead atoms. The summed E-state index contributed by atoms with van der Waals surface area (Å²) < 4.78 is 32.2. The zero-order chi connectivity index (χ0) is 13.0. The van der Waals surface area contributed by atoms with Crippen LogP contribution in [0.1, 0.15) is 32.1 Å². The van der Waals surface area contributed by atoms with Crippen LogP contribution in [-0.2, 0) is 14.8 Å². The first kappa shape index (κ1) is 14.2. The second kappa shape index (κ2) is 6.32. The number of rotatable bonds is 5. The highest BCUT2D eigenvalue weighted by molar-refractivity contribution is 7.89. The maximum Gasteiger partial charge on any atom is 0.212 e. The van der Waals surface area contributed by atoms with E-state index in [1.165, 1.54) is 0 Å². The van der Waals surface area contributed by atoms with Gasteiger partial charge in [-0.15, -0.1) is 0 Å². The van der Waals surface area contributed by atoms with Crippen molar-refractivity contribution in [3.05, 3.63) is 0 Å². The molecule has 5 nitrogen and oxygen atoms in total. The van der Waals surface area contributed by atoms with Gasteiger partial charge in [-0.05, 0) is 51.1 Å². The Morgan fingerprint density at radius 3 is 2.78 bits per heavy atom. The third kappa shape index (κ3) is 4.19. The summed E-state index contributed by atoms with van der Waals surface area (Å²) in [5, 5.41) is 3.26. The minimum atomic E-state index is -3.14. The van der Waals surface area contributed by atoms with E-state index in [4.69, 9.17) is 4.74 Å². The molecular weight excluding hydrogens is 252 g/mol. The summed E-state index contributed by atoms with van der Waals surface area (Å²) in [7, 11) is -1.45. The van der Waals surface area contributed by atoms with E-state index in [0.29, 0.717) is 0 Å². The van der Waals surface area contributed by atoms with Crippen LogP contribution in [-0.4, -0.2) is 46.5 Å². The van der Waals surface area contributed by atoms with E-state index in [2.05, 4.69) is 10.0 Å². The summed E-state index contributed by atoms with van der Waals surface area (Å²) in [5.74, 6) is 0.518. The van der Waals surface area contributed by atoms with Crippen molar-refractivity contribution in [2.75, 3.05) is 26.0 Å². The Balaban J connectivity index is 1.80. The van der Waals surface area contributed by atoms with E-state index >= 15 is 0 Å². The highest BCUT2D eigenvalue weighted by atomic mass is 32.2. The molecule has 3 atom stereocenters. The lowest BCUT2D eigenvalue weighted by molar-refractivity contribution is 0.107. The highest BCUT2D eigenvalue weighted by Crippen LogP contribution is 2.22. The van der Waals surface area contributed by atoms with Gasteiger partial charge in [-0.3, -0.25) is 0 Å². The first-order chi connectivity index (χ1) is 8.59. The minimum Gasteiger partial charge on any atom is -0.381 e. The summed E-state index contributed by atoms with van der Waals surface area (Å²) >= 11 is 0. The molecule has 3 unspecified atom stereocenters. The third-order valence-corrected chi connectivity index (χ3v) is 5.52. The number of sulfonamides is 1. The van der Waals surface area contributed by atoms with Crippen molar-refractivity contribution in [1.29, 1.82) is 0 Å². The van der Waals surface area contributed by atoms with Gasteiger partial charge in [-0.1, -0.05) is 0 Å². The standard InChI is InChI=1S/C12H24N2O3S/c1-17-12-5-4-11(7-12)14-18(15,16)9-10-3-2-6-13-8-10/h10-14H,2-9H2,1H3. The van der Waals surface area contributed by atoms with Crippen molar-refractivity contribution in [1.82, 2.24) is 10.0 Å². The molecule has 2 N–H and O–H groups in total. The van der Waals surface area contributed by atoms with Gasteiger partial charge in [0.1, 0.15) is 0 Å². The number of nitrogens with one attached hydrogen (secondary N) is 2. The molecule has 6 heteroatoms. The normalized spacial score (nSPS) is 33.7. The fraction of sp³-hybridized carbons (Fsp3) is 1.00. The van der Waals surface area contributed by atoms with Crippen LogP contribution in [0.15, 0.2) is 0 Å². The van der Waals surface area contributed by atoms with Crippen molar-refractivity contribution in [2.45, 2.75) is 44.2 Å². The van der Waals surface area contributed by atoms with Crippen LogP contribution < -0.4 is 10.0 Å². The van der Waals surface area contributed by atoms with Crippen LogP contribution in [0.5, 0.6) is 0 Å². The van der Waals surface area contributed by atoms with Crippen LogP contribution in [0, 0.1) is 5.92 Å². The predicted octanol–water partition coefficient (Wildman–Crippen LogP) is 0.473. The zero-order valence-corrected chi connectivity index (χ0v) is 11.8. The smallest absolute Gasteiger partial charge is 0.212 e. The van der Waals surface area contributed by atoms with Crippen LogP contribution in [0.2, 0.25) is 0 Å². The maximum atomic E-state index is 12.1. The van der Waals surface area contributed by atoms with Gasteiger partial charge in [0.25, 0.3) is 0 Å². The van der Waals surface area contributed by atoms with Crippen molar-refractivity contribution in [3.8, 4) is 0 Å². The summed E-state index contributed by atoms with van der Waals surface area (Å²) in [4.78, 5) is 0. The van der Waals surface area contributed by atoms with Gasteiger partial charge >= 0.3 is 0 Å². The Bertz CT molecular complexity index is 352. The van der Waals surface area contributed by atoms with E-state index in [1.54, 1.807) is 7.11 Å². The average Bonchev–Trinajstić information content (AvgIpc) is 2.76. The highest BCUT2D eigenvalue weighted by Gasteiger charge is 2.29. The minimum absolute atomic E-state index is 0.0662. The van der Waals surface area contributed by atoms with E-state index in [1.807, 2.05) is 0 Å². The van der Waals surface area contributed by atoms with Crippen molar-refractivity contribution in [3.63, 3.8) is 0 Å². The molecule has 2 rings (SSSR count). The van der Waals surface area contributed by atoms with Gasteiger partial charge in [0.05, 0.1) is 11.9 Å². The Morgan fingerprint density at radius 2 is 2.17 bits per heavy atom. The molecule has 0 aromatic carbocycles. The topological polar surface area (TPSA) is 67.4 Å². The fourth-order valence-electron chi connectivity index (χ4n) is 2.94. The summed E-state index contributed by atoms with van der Waals surface area (Å²) in [6.07, 6.45) is 4.96. The van der Waals surface area contributed by atoms with Crippen LogP contribution in [0.25, 0.3) is 0 Å². The number of piperidine rings is 1. The fourth-order valence-corrected chi connectivity index (χ4v) is 4.66. The second-order valence-electron chi connectivity index (χ2n) is 5.48. The molecule has 2 fully saturated rings. The largest absolute Gasteiger partial charge is 0.381 e. The molecule has 0 aromatic heterocycles. The molecule has 0 amide bonds. The molecule has 2 aliphatic rings. The quantitative estimate of drug-likeness (QED) is 0.766. The molecule has 1 heterocycles. The lowest BCUT2D eigenvalue weighted by atomic mass is 10.0. The van der Waals surface area contributed by atoms with E-state index in [9.17, 15) is 8.42 Å². The van der Waals surface area contributed by atoms with Gasteiger partial charge in [-0.2, -0.15) is 0 Å². The maximum absolute atomic E-state index is 12.1. The van der Waals surface area contributed by atoms with Crippen molar-refractivity contribution >= 4 is 10.0 Å². The van der Waals surface area contributed by atoms with E-state index in [-0.39, 0.29) is 23.8 Å². The SMILES string of the molecule is COC1CCC(NS(=O)(=O)CC2CCCNC2)C1. The van der Waals surface area contributed by atoms with Crippen molar-refractivity contribution in [2.24, 2.45) is 5.92 Å². The molecule has 0 spiro atoms. The Labute approximate surface area is 110 Å². The van der Waals surface area contributed by atoms with Gasteiger partial charge < -0.3 is 10.1 Å². The summed E-state index contributed by atoms with van der Waals surface area (Å²) in [6.45, 7) is 1.84. The van der Waals surface area contributed by atoms with Crippen LogP contribution in [0.3, 0.4) is 0 Å². The molecule has 18 heavy (non-hydrogen) atoms. The average molecular weight is 276 g/mol. The Kier molecular flexibility index (Phi) is 5.00. The van der Waals surface area contributed by atoms with Gasteiger partial charge in [0.15, 0.2) is 0 Å². The van der Waals surface area contributed by atoms with E-state index < -0.39 is 10.0 Å². The molecule has 1 aliphatic carbocycles. The third-order valence-electron chi connectivity index (χ3n) is 3.92. The molecule has 1 aliphatic heterocycles. The lowest BCUT2D eigenvalue weighted by Gasteiger charge is -2.23. The second-order valence-corrected chi connectivity index (χ2v) is 7.28. The van der Waals surface area contributed by atoms with Crippen LogP contribution >= 0.6 is 0 Å². The summed E-state index contributed by atoms with van der Waals surface area (Å²) in [5.41, 5.74) is 0. The first-order valence-electron chi connectivity index (χ1n) is 6.82. The van der Waals surface area contributed by atoms with E-state index in [0.717, 1.165) is 45.2 Å². The van der Waals surface area contributed by atoms with Crippen LogP contribution in [0.4, 0.5) is 0 Å². The Hall–Kier alpha value is -0.170. The lowest BCUT2D eigenvalue weighted by Crippen LogP contribution is -2.40. The molecule has 106 valence electrons. The monoisotopic (exact) mass is 276 g/mol. The number of hydrogen-bond donors (Lipinski definition) is 2. The van der Waals surface area contributed by atoms with Gasteiger partial charge in [-0.25, -0.2) is 13.1 Å². The zero-order valence-electron chi connectivity index (χ0n) is 11.0. The molecule has 0 radical (unpaired) electrons. The predicted molar refractivity (Wildman–Crippen MR) is 71.0 cm³/mol. The van der Waals surface area contributed by atoms with Gasteiger partial charge in [0.2, 0.25) is 10.0 Å². The number of hydrogen-bond acceptors (Lipinski definition) is 4. The Morgan fingerprint density at radius 1 is 1.33 bits per heavy atom. The number of ether oxygens (including phenoxy) is 1.